The predicted octanol–water partition coefficient (Wildman–Crippen LogP) is 3.32. The smallest absolute Gasteiger partial charge is 0.311 e. The minimum absolute atomic E-state index is 0.0964. The maximum atomic E-state index is 12.2. The lowest BCUT2D eigenvalue weighted by Gasteiger charge is -2.07. The van der Waals surface area contributed by atoms with Crippen LogP contribution in [-0.2, 0) is 0 Å². The third-order valence-corrected chi connectivity index (χ3v) is 3.74. The number of methoxy groups -OCH3 is 1. The molecule has 0 atom stereocenters. The van der Waals surface area contributed by atoms with Crippen molar-refractivity contribution in [3.05, 3.63) is 56.2 Å². The number of rotatable bonds is 4. The van der Waals surface area contributed by atoms with E-state index in [1.54, 1.807) is 19.1 Å². The van der Waals surface area contributed by atoms with Crippen LogP contribution in [0.4, 0.5) is 11.5 Å². The first kappa shape index (κ1) is 15.9. The van der Waals surface area contributed by atoms with E-state index in [-0.39, 0.29) is 17.0 Å². The van der Waals surface area contributed by atoms with Crippen LogP contribution in [0.15, 0.2) is 34.8 Å². The van der Waals surface area contributed by atoms with E-state index in [9.17, 15) is 14.9 Å². The molecule has 0 spiro atoms. The maximum absolute atomic E-state index is 12.2. The van der Waals surface area contributed by atoms with Crippen molar-refractivity contribution in [1.29, 1.82) is 0 Å². The van der Waals surface area contributed by atoms with E-state index in [2.05, 4.69) is 26.2 Å². The van der Waals surface area contributed by atoms with E-state index < -0.39 is 10.8 Å². The van der Waals surface area contributed by atoms with Gasteiger partial charge in [-0.25, -0.2) is 4.98 Å². The molecule has 0 saturated heterocycles. The summed E-state index contributed by atoms with van der Waals surface area (Å²) in [5, 5.41) is 13.6. The number of benzene rings is 1. The summed E-state index contributed by atoms with van der Waals surface area (Å²) in [5.41, 5.74) is 0.600. The quantitative estimate of drug-likeness (QED) is 0.662. The summed E-state index contributed by atoms with van der Waals surface area (Å²) < 4.78 is 5.72. The number of ether oxygens (including phenoxy) is 1. The third-order valence-electron chi connectivity index (χ3n) is 2.90. The zero-order chi connectivity index (χ0) is 16.3. The van der Waals surface area contributed by atoms with Gasteiger partial charge in [-0.1, -0.05) is 0 Å². The summed E-state index contributed by atoms with van der Waals surface area (Å²) in [7, 11) is 1.33. The SMILES string of the molecule is COc1ccc(C(=O)Nc2ccc(Br)c(C)n2)cc1[N+](=O)[O-]. The van der Waals surface area contributed by atoms with E-state index in [0.29, 0.717) is 5.82 Å². The standard InChI is InChI=1S/C14H12BrN3O4/c1-8-10(15)4-6-13(16-8)17-14(19)9-3-5-12(22-2)11(7-9)18(20)21/h3-7H,1-2H3,(H,16,17,19). The molecule has 2 aromatic rings. The van der Waals surface area contributed by atoms with E-state index in [1.165, 1.54) is 25.3 Å². The summed E-state index contributed by atoms with van der Waals surface area (Å²) in [6.07, 6.45) is 0. The zero-order valence-electron chi connectivity index (χ0n) is 11.8. The number of nitrogens with one attached hydrogen (secondary N) is 1. The number of aryl methyl sites for hydroxylation is 1. The number of hydrogen-bond acceptors (Lipinski definition) is 5. The largest absolute Gasteiger partial charge is 0.490 e. The summed E-state index contributed by atoms with van der Waals surface area (Å²) in [4.78, 5) is 26.7. The topological polar surface area (TPSA) is 94.4 Å². The Bertz CT molecular complexity index is 749. The first-order valence-electron chi connectivity index (χ1n) is 6.19. The van der Waals surface area contributed by atoms with Gasteiger partial charge in [-0.2, -0.15) is 0 Å². The van der Waals surface area contributed by atoms with Crippen LogP contribution in [0.5, 0.6) is 5.75 Å². The molecule has 2 rings (SSSR count). The van der Waals surface area contributed by atoms with Gasteiger partial charge < -0.3 is 10.1 Å². The Morgan fingerprint density at radius 2 is 2.09 bits per heavy atom. The van der Waals surface area contributed by atoms with Crippen molar-refractivity contribution in [2.75, 3.05) is 12.4 Å². The van der Waals surface area contributed by atoms with Crippen LogP contribution in [0, 0.1) is 17.0 Å². The van der Waals surface area contributed by atoms with Crippen molar-refractivity contribution in [2.24, 2.45) is 0 Å². The molecule has 0 aliphatic carbocycles. The highest BCUT2D eigenvalue weighted by molar-refractivity contribution is 9.10. The van der Waals surface area contributed by atoms with E-state index in [0.717, 1.165) is 10.2 Å². The molecule has 0 fully saturated rings. The van der Waals surface area contributed by atoms with Gasteiger partial charge in [-0.15, -0.1) is 0 Å². The van der Waals surface area contributed by atoms with Crippen molar-refractivity contribution in [3.8, 4) is 5.75 Å². The normalized spacial score (nSPS) is 10.1. The highest BCUT2D eigenvalue weighted by Gasteiger charge is 2.18. The average Bonchev–Trinajstić information content (AvgIpc) is 2.50. The summed E-state index contributed by atoms with van der Waals surface area (Å²) in [6, 6.07) is 7.39. The van der Waals surface area contributed by atoms with Gasteiger partial charge in [0.15, 0.2) is 5.75 Å². The number of nitro groups is 1. The van der Waals surface area contributed by atoms with Gasteiger partial charge >= 0.3 is 5.69 Å². The van der Waals surface area contributed by atoms with E-state index in [1.807, 2.05) is 0 Å². The van der Waals surface area contributed by atoms with Gasteiger partial charge in [0.25, 0.3) is 5.91 Å². The van der Waals surface area contributed by atoms with Crippen LogP contribution in [0.25, 0.3) is 0 Å². The minimum atomic E-state index is -0.600. The lowest BCUT2D eigenvalue weighted by atomic mass is 10.1. The van der Waals surface area contributed by atoms with Crippen molar-refractivity contribution < 1.29 is 14.5 Å². The molecule has 22 heavy (non-hydrogen) atoms. The lowest BCUT2D eigenvalue weighted by Crippen LogP contribution is -2.13. The third kappa shape index (κ3) is 3.40. The van der Waals surface area contributed by atoms with Crippen LogP contribution < -0.4 is 10.1 Å². The number of anilines is 1. The van der Waals surface area contributed by atoms with E-state index in [4.69, 9.17) is 4.74 Å². The Kier molecular flexibility index (Phi) is 4.71. The molecule has 0 saturated carbocycles. The Morgan fingerprint density at radius 1 is 1.36 bits per heavy atom. The van der Waals surface area contributed by atoms with Gasteiger partial charge in [-0.3, -0.25) is 14.9 Å². The predicted molar refractivity (Wildman–Crippen MR) is 84.3 cm³/mol. The number of amides is 1. The molecular formula is C14H12BrN3O4. The van der Waals surface area contributed by atoms with Gasteiger partial charge in [0.2, 0.25) is 0 Å². The van der Waals surface area contributed by atoms with Crippen LogP contribution >= 0.6 is 15.9 Å². The molecular weight excluding hydrogens is 354 g/mol. The van der Waals surface area contributed by atoms with Crippen LogP contribution in [0.3, 0.4) is 0 Å². The number of nitro benzene ring substituents is 1. The highest BCUT2D eigenvalue weighted by atomic mass is 79.9. The molecule has 114 valence electrons. The second-order valence-electron chi connectivity index (χ2n) is 4.36. The van der Waals surface area contributed by atoms with Crippen molar-refractivity contribution in [3.63, 3.8) is 0 Å². The molecule has 1 amide bonds. The van der Waals surface area contributed by atoms with Crippen LogP contribution in [0.1, 0.15) is 16.1 Å². The first-order chi connectivity index (χ1) is 10.4. The molecule has 1 aromatic carbocycles. The molecule has 7 nitrogen and oxygen atoms in total. The van der Waals surface area contributed by atoms with Crippen LogP contribution in [0.2, 0.25) is 0 Å². The molecule has 0 unspecified atom stereocenters. The van der Waals surface area contributed by atoms with Gasteiger partial charge in [0.1, 0.15) is 5.82 Å². The van der Waals surface area contributed by atoms with Gasteiger partial charge in [-0.05, 0) is 47.1 Å². The first-order valence-corrected chi connectivity index (χ1v) is 6.98. The van der Waals surface area contributed by atoms with Crippen molar-refractivity contribution >= 4 is 33.3 Å². The number of nitrogens with zero attached hydrogens (tertiary/aromatic N) is 2. The Labute approximate surface area is 134 Å². The fourth-order valence-corrected chi connectivity index (χ4v) is 2.00. The molecule has 1 N–H and O–H groups in total. The monoisotopic (exact) mass is 365 g/mol. The summed E-state index contributed by atoms with van der Waals surface area (Å²) in [6.45, 7) is 1.79. The summed E-state index contributed by atoms with van der Waals surface area (Å²) in [5.74, 6) is -0.0247. The molecule has 1 heterocycles. The zero-order valence-corrected chi connectivity index (χ0v) is 13.4. The van der Waals surface area contributed by atoms with Crippen molar-refractivity contribution in [1.82, 2.24) is 4.98 Å². The number of carbonyl (C=O) groups excluding carboxylic acids is 1. The Morgan fingerprint density at radius 3 is 2.68 bits per heavy atom. The Balaban J connectivity index is 2.27. The lowest BCUT2D eigenvalue weighted by molar-refractivity contribution is -0.385. The number of halogens is 1. The minimum Gasteiger partial charge on any atom is -0.490 e. The molecule has 0 aliphatic rings. The number of pyridine rings is 1. The maximum Gasteiger partial charge on any atom is 0.311 e. The fraction of sp³-hybridized carbons (Fsp3) is 0.143. The van der Waals surface area contributed by atoms with Gasteiger partial charge in [0.05, 0.1) is 17.7 Å². The summed E-state index contributed by atoms with van der Waals surface area (Å²) >= 11 is 3.32. The van der Waals surface area contributed by atoms with Crippen LogP contribution in [-0.4, -0.2) is 22.9 Å². The molecule has 0 radical (unpaired) electrons. The number of hydrogen-bond donors (Lipinski definition) is 1. The molecule has 0 aliphatic heterocycles. The van der Waals surface area contributed by atoms with Crippen molar-refractivity contribution in [2.45, 2.75) is 6.92 Å². The fourth-order valence-electron chi connectivity index (χ4n) is 1.78. The molecule has 1 aromatic heterocycles. The highest BCUT2D eigenvalue weighted by Crippen LogP contribution is 2.27. The number of carbonyl (C=O) groups is 1. The number of aromatic nitrogens is 1. The second-order valence-corrected chi connectivity index (χ2v) is 5.22. The molecule has 8 heteroatoms. The molecule has 0 bridgehead atoms. The second kappa shape index (κ2) is 6.52. The van der Waals surface area contributed by atoms with Gasteiger partial charge in [0, 0.05) is 16.1 Å². The van der Waals surface area contributed by atoms with E-state index >= 15 is 0 Å². The Hall–Kier alpha value is -2.48. The average molecular weight is 366 g/mol.